The molecule has 114 valence electrons. The van der Waals surface area contributed by atoms with Crippen LogP contribution in [0, 0.1) is 5.92 Å². The summed E-state index contributed by atoms with van der Waals surface area (Å²) in [5, 5.41) is 0. The van der Waals surface area contributed by atoms with Gasteiger partial charge in [-0.05, 0) is 67.5 Å². The Morgan fingerprint density at radius 1 is 1.11 bits per heavy atom. The van der Waals surface area contributed by atoms with Crippen LogP contribution in [0.2, 0.25) is 0 Å². The summed E-state index contributed by atoms with van der Waals surface area (Å²) in [7, 11) is 0. The highest BCUT2D eigenvalue weighted by molar-refractivity contribution is 8.69. The van der Waals surface area contributed by atoms with Gasteiger partial charge in [0.25, 0.3) is 5.69 Å². The van der Waals surface area contributed by atoms with Crippen LogP contribution in [-0.2, 0) is 20.9 Å². The third-order valence-corrected chi connectivity index (χ3v) is 8.41. The van der Waals surface area contributed by atoms with Crippen molar-refractivity contribution >= 4 is 40.6 Å². The van der Waals surface area contributed by atoms with E-state index >= 15 is 0 Å². The van der Waals surface area contributed by atoms with Crippen LogP contribution in [0.5, 0.6) is 0 Å². The van der Waals surface area contributed by atoms with Gasteiger partial charge < -0.3 is 9.05 Å². The maximum atomic E-state index is 5.84. The first-order valence-electron chi connectivity index (χ1n) is 6.56. The molecule has 0 saturated heterocycles. The summed E-state index contributed by atoms with van der Waals surface area (Å²) in [5.74, 6) is 2.74. The molecule has 0 amide bonds. The van der Waals surface area contributed by atoms with E-state index in [4.69, 9.17) is 20.9 Å². The second kappa shape index (κ2) is 9.86. The zero-order chi connectivity index (χ0) is 15.1. The lowest BCUT2D eigenvalue weighted by Crippen LogP contribution is -2.06. The van der Waals surface area contributed by atoms with E-state index < -0.39 is 5.69 Å². The molecule has 2 nitrogen and oxygen atoms in total. The van der Waals surface area contributed by atoms with Crippen LogP contribution in [-0.4, -0.2) is 23.7 Å². The molecule has 0 aromatic heterocycles. The standard InChI is InChI=1S/C13H27O2PS3/c1-10(2)8-18-9-13(7)19-16(17,14-11(3)4)15-12(5)6/h10-12H,7-9H2,1-6H3. The lowest BCUT2D eigenvalue weighted by Gasteiger charge is -2.26. The molecule has 0 heterocycles. The molecule has 0 rings (SSSR count). The molecule has 0 aliphatic carbocycles. The predicted octanol–water partition coefficient (Wildman–Crippen LogP) is 5.70. The molecule has 0 aromatic rings. The van der Waals surface area contributed by atoms with Gasteiger partial charge in [0.1, 0.15) is 0 Å². The normalized spacial score (nSPS) is 12.7. The van der Waals surface area contributed by atoms with Crippen molar-refractivity contribution < 1.29 is 9.05 Å². The number of hydrogen-bond donors (Lipinski definition) is 0. The van der Waals surface area contributed by atoms with Crippen LogP contribution in [0.15, 0.2) is 11.5 Å². The average Bonchev–Trinajstić information content (AvgIpc) is 2.12. The molecule has 19 heavy (non-hydrogen) atoms. The van der Waals surface area contributed by atoms with Crippen LogP contribution in [0.25, 0.3) is 0 Å². The third-order valence-electron chi connectivity index (χ3n) is 1.63. The van der Waals surface area contributed by atoms with E-state index in [0.717, 1.165) is 16.4 Å². The minimum Gasteiger partial charge on any atom is -0.319 e. The van der Waals surface area contributed by atoms with Crippen LogP contribution in [0.4, 0.5) is 0 Å². The van der Waals surface area contributed by atoms with Gasteiger partial charge in [0.2, 0.25) is 0 Å². The second-order valence-corrected chi connectivity index (χ2v) is 12.5. The lowest BCUT2D eigenvalue weighted by atomic mass is 10.3. The summed E-state index contributed by atoms with van der Waals surface area (Å²) >= 11 is 9.00. The fraction of sp³-hybridized carbons (Fsp3) is 0.846. The quantitative estimate of drug-likeness (QED) is 0.473. The van der Waals surface area contributed by atoms with Crippen molar-refractivity contribution in [3.05, 3.63) is 11.5 Å². The van der Waals surface area contributed by atoms with Crippen molar-refractivity contribution in [2.24, 2.45) is 5.92 Å². The Morgan fingerprint density at radius 2 is 1.58 bits per heavy atom. The molecule has 0 aromatic carbocycles. The molecule has 6 heteroatoms. The van der Waals surface area contributed by atoms with E-state index in [9.17, 15) is 0 Å². The van der Waals surface area contributed by atoms with Crippen molar-refractivity contribution in [2.45, 2.75) is 53.8 Å². The molecule has 0 aliphatic heterocycles. The second-order valence-electron chi connectivity index (χ2n) is 5.29. The van der Waals surface area contributed by atoms with Crippen molar-refractivity contribution in [1.82, 2.24) is 0 Å². The van der Waals surface area contributed by atoms with Crippen LogP contribution in [0.1, 0.15) is 41.5 Å². The monoisotopic (exact) mass is 342 g/mol. The Morgan fingerprint density at radius 3 is 1.95 bits per heavy atom. The lowest BCUT2D eigenvalue weighted by molar-refractivity contribution is 0.186. The molecule has 0 bridgehead atoms. The first-order chi connectivity index (χ1) is 8.64. The molecular formula is C13H27O2PS3. The summed E-state index contributed by atoms with van der Waals surface area (Å²) in [5.41, 5.74) is -2.31. The Balaban J connectivity index is 4.39. The first-order valence-corrected chi connectivity index (χ1v) is 11.8. The van der Waals surface area contributed by atoms with Gasteiger partial charge in [-0.1, -0.05) is 20.4 Å². The predicted molar refractivity (Wildman–Crippen MR) is 95.6 cm³/mol. The Bertz CT molecular complexity index is 303. The zero-order valence-electron chi connectivity index (χ0n) is 12.8. The Kier molecular flexibility index (Phi) is 10.4. The van der Waals surface area contributed by atoms with Crippen molar-refractivity contribution in [2.75, 3.05) is 11.5 Å². The summed E-state index contributed by atoms with van der Waals surface area (Å²) in [6, 6.07) is 0. The van der Waals surface area contributed by atoms with Gasteiger partial charge in [-0.15, -0.1) is 0 Å². The number of thioether (sulfide) groups is 1. The van der Waals surface area contributed by atoms with Crippen molar-refractivity contribution in [3.8, 4) is 0 Å². The molecule has 0 atom stereocenters. The van der Waals surface area contributed by atoms with Crippen LogP contribution < -0.4 is 0 Å². The van der Waals surface area contributed by atoms with Gasteiger partial charge in [0.15, 0.2) is 0 Å². The fourth-order valence-corrected chi connectivity index (χ4v) is 8.64. The van der Waals surface area contributed by atoms with E-state index in [1.165, 1.54) is 11.4 Å². The summed E-state index contributed by atoms with van der Waals surface area (Å²) < 4.78 is 11.7. The Hall–Kier alpha value is 1.01. The van der Waals surface area contributed by atoms with E-state index in [2.05, 4.69) is 20.4 Å². The highest BCUT2D eigenvalue weighted by atomic mass is 32.9. The maximum Gasteiger partial charge on any atom is 0.252 e. The first kappa shape index (κ1) is 20.0. The average molecular weight is 343 g/mol. The van der Waals surface area contributed by atoms with Crippen LogP contribution in [0.3, 0.4) is 0 Å². The number of hydrogen-bond acceptors (Lipinski definition) is 5. The van der Waals surface area contributed by atoms with Gasteiger partial charge in [0.05, 0.1) is 12.2 Å². The van der Waals surface area contributed by atoms with Gasteiger partial charge in [-0.25, -0.2) is 0 Å². The maximum absolute atomic E-state index is 5.84. The molecule has 0 N–H and O–H groups in total. The van der Waals surface area contributed by atoms with E-state index in [1.807, 2.05) is 39.5 Å². The molecule has 0 radical (unpaired) electrons. The minimum atomic E-state index is -2.31. The number of rotatable bonds is 10. The van der Waals surface area contributed by atoms with Gasteiger partial charge in [0, 0.05) is 5.75 Å². The molecule has 0 saturated carbocycles. The highest BCUT2D eigenvalue weighted by Gasteiger charge is 2.24. The van der Waals surface area contributed by atoms with Crippen molar-refractivity contribution in [3.63, 3.8) is 0 Å². The smallest absolute Gasteiger partial charge is 0.252 e. The van der Waals surface area contributed by atoms with Crippen molar-refractivity contribution in [1.29, 1.82) is 0 Å². The summed E-state index contributed by atoms with van der Waals surface area (Å²) in [6.45, 7) is 16.5. The molecule has 0 aliphatic rings. The van der Waals surface area contributed by atoms with Gasteiger partial charge >= 0.3 is 0 Å². The van der Waals surface area contributed by atoms with Crippen LogP contribution >= 0.6 is 28.8 Å². The SMILES string of the molecule is C=C(CSCC(C)C)SP(=S)(OC(C)C)OC(C)C. The molecule has 0 fully saturated rings. The van der Waals surface area contributed by atoms with Gasteiger partial charge in [-0.2, -0.15) is 11.8 Å². The fourth-order valence-electron chi connectivity index (χ4n) is 1.18. The summed E-state index contributed by atoms with van der Waals surface area (Å²) in [4.78, 5) is 1.05. The zero-order valence-corrected chi connectivity index (χ0v) is 16.2. The Labute approximate surface area is 132 Å². The van der Waals surface area contributed by atoms with Gasteiger partial charge in [-0.3, -0.25) is 0 Å². The van der Waals surface area contributed by atoms with E-state index in [0.29, 0.717) is 5.92 Å². The van der Waals surface area contributed by atoms with E-state index in [-0.39, 0.29) is 12.2 Å². The largest absolute Gasteiger partial charge is 0.319 e. The van der Waals surface area contributed by atoms with E-state index in [1.54, 1.807) is 0 Å². The molecular weight excluding hydrogens is 315 g/mol. The third kappa shape index (κ3) is 11.4. The highest BCUT2D eigenvalue weighted by Crippen LogP contribution is 2.65. The topological polar surface area (TPSA) is 18.5 Å². The molecule has 0 unspecified atom stereocenters. The minimum absolute atomic E-state index is 0.0770. The summed E-state index contributed by atoms with van der Waals surface area (Å²) in [6.07, 6.45) is 0.154. The molecule has 0 spiro atoms.